The fourth-order valence-corrected chi connectivity index (χ4v) is 2.68. The highest BCUT2D eigenvalue weighted by molar-refractivity contribution is 9.10. The van der Waals surface area contributed by atoms with Gasteiger partial charge in [-0.25, -0.2) is 4.68 Å². The molecule has 2 heterocycles. The summed E-state index contributed by atoms with van der Waals surface area (Å²) >= 11 is 3.51. The molecule has 1 aromatic heterocycles. The Morgan fingerprint density at radius 1 is 1.44 bits per heavy atom. The van der Waals surface area contributed by atoms with Crippen LogP contribution in [-0.4, -0.2) is 26.7 Å². The molecule has 1 N–H and O–H groups in total. The van der Waals surface area contributed by atoms with E-state index in [2.05, 4.69) is 32.3 Å². The molecule has 0 fully saturated rings. The van der Waals surface area contributed by atoms with Gasteiger partial charge in [-0.1, -0.05) is 21.1 Å². The molecule has 6 heteroatoms. The molecule has 18 heavy (non-hydrogen) atoms. The number of rotatable bonds is 3. The second-order valence-corrected chi connectivity index (χ2v) is 5.13. The van der Waals surface area contributed by atoms with E-state index < -0.39 is 0 Å². The molecule has 5 nitrogen and oxygen atoms in total. The van der Waals surface area contributed by atoms with E-state index >= 15 is 0 Å². The molecule has 0 bridgehead atoms. The number of hydrogen-bond acceptors (Lipinski definition) is 4. The minimum Gasteiger partial charge on any atom is -0.493 e. The first kappa shape index (κ1) is 11.7. The minimum atomic E-state index is -0.0902. The average Bonchev–Trinajstić information content (AvgIpc) is 2.97. The van der Waals surface area contributed by atoms with E-state index in [1.807, 2.05) is 6.07 Å². The van der Waals surface area contributed by atoms with Crippen molar-refractivity contribution < 1.29 is 9.84 Å². The number of hydrogen-bond donors (Lipinski definition) is 1. The number of aromatic nitrogens is 3. The van der Waals surface area contributed by atoms with Crippen molar-refractivity contribution in [3.8, 4) is 5.75 Å². The van der Waals surface area contributed by atoms with Gasteiger partial charge in [-0.2, -0.15) is 0 Å². The molecule has 1 aliphatic heterocycles. The summed E-state index contributed by atoms with van der Waals surface area (Å²) in [5, 5.41) is 16.8. The fraction of sp³-hybridized carbons (Fsp3) is 0.333. The summed E-state index contributed by atoms with van der Waals surface area (Å²) < 4.78 is 8.41. The van der Waals surface area contributed by atoms with Gasteiger partial charge in [0.2, 0.25) is 0 Å². The topological polar surface area (TPSA) is 60.2 Å². The Labute approximate surface area is 113 Å². The second-order valence-electron chi connectivity index (χ2n) is 4.22. The zero-order valence-corrected chi connectivity index (χ0v) is 11.2. The zero-order valence-electron chi connectivity index (χ0n) is 9.64. The molecule has 1 aromatic carbocycles. The van der Waals surface area contributed by atoms with Crippen LogP contribution in [0.15, 0.2) is 22.8 Å². The van der Waals surface area contributed by atoms with Crippen molar-refractivity contribution in [3.05, 3.63) is 39.6 Å². The van der Waals surface area contributed by atoms with Crippen molar-refractivity contribution >= 4 is 15.9 Å². The number of aliphatic hydroxyl groups excluding tert-OH is 1. The highest BCUT2D eigenvalue weighted by atomic mass is 79.9. The molecule has 0 spiro atoms. The first-order valence-electron chi connectivity index (χ1n) is 5.70. The van der Waals surface area contributed by atoms with Crippen molar-refractivity contribution in [1.29, 1.82) is 0 Å². The van der Waals surface area contributed by atoms with Gasteiger partial charge in [-0.3, -0.25) is 0 Å². The van der Waals surface area contributed by atoms with Crippen LogP contribution in [0.5, 0.6) is 5.75 Å². The summed E-state index contributed by atoms with van der Waals surface area (Å²) in [5.41, 5.74) is 2.87. The maximum absolute atomic E-state index is 8.97. The molecule has 0 unspecified atom stereocenters. The van der Waals surface area contributed by atoms with Gasteiger partial charge in [0.15, 0.2) is 0 Å². The summed E-state index contributed by atoms with van der Waals surface area (Å²) in [6.45, 7) is 1.24. The van der Waals surface area contributed by atoms with E-state index in [4.69, 9.17) is 9.84 Å². The van der Waals surface area contributed by atoms with Crippen LogP contribution >= 0.6 is 15.9 Å². The number of fused-ring (bicyclic) bond motifs is 1. The smallest absolute Gasteiger partial charge is 0.127 e. The van der Waals surface area contributed by atoms with Gasteiger partial charge in [-0.15, -0.1) is 5.10 Å². The van der Waals surface area contributed by atoms with Crippen molar-refractivity contribution in [2.75, 3.05) is 6.61 Å². The van der Waals surface area contributed by atoms with Gasteiger partial charge >= 0.3 is 0 Å². The molecular weight excluding hydrogens is 298 g/mol. The van der Waals surface area contributed by atoms with Gasteiger partial charge in [-0.05, 0) is 17.7 Å². The maximum atomic E-state index is 8.97. The van der Waals surface area contributed by atoms with Gasteiger partial charge in [0.25, 0.3) is 0 Å². The highest BCUT2D eigenvalue weighted by Crippen LogP contribution is 2.33. The molecule has 0 aliphatic carbocycles. The maximum Gasteiger partial charge on any atom is 0.127 e. The molecule has 0 saturated heterocycles. The van der Waals surface area contributed by atoms with E-state index in [-0.39, 0.29) is 6.61 Å². The monoisotopic (exact) mass is 309 g/mol. The summed E-state index contributed by atoms with van der Waals surface area (Å²) in [4.78, 5) is 0. The molecule has 0 amide bonds. The van der Waals surface area contributed by atoms with Crippen molar-refractivity contribution in [1.82, 2.24) is 15.0 Å². The Balaban J connectivity index is 1.92. The van der Waals surface area contributed by atoms with E-state index in [1.54, 1.807) is 10.9 Å². The molecule has 1 aliphatic rings. The van der Waals surface area contributed by atoms with Crippen LogP contribution in [-0.2, 0) is 19.6 Å². The number of ether oxygens (including phenoxy) is 1. The third-order valence-corrected chi connectivity index (χ3v) is 3.36. The van der Waals surface area contributed by atoms with E-state index in [9.17, 15) is 0 Å². The SMILES string of the molecule is OCc1cn(Cc2cc(Br)cc3c2OCC3)nn1. The van der Waals surface area contributed by atoms with Gasteiger partial charge in [0.1, 0.15) is 11.4 Å². The normalized spacial score (nSPS) is 13.4. The molecule has 2 aromatic rings. The van der Waals surface area contributed by atoms with Crippen LogP contribution in [0.2, 0.25) is 0 Å². The number of aliphatic hydroxyl groups is 1. The lowest BCUT2D eigenvalue weighted by atomic mass is 10.1. The Morgan fingerprint density at radius 3 is 3.11 bits per heavy atom. The predicted molar refractivity (Wildman–Crippen MR) is 68.4 cm³/mol. The molecule has 0 radical (unpaired) electrons. The highest BCUT2D eigenvalue weighted by Gasteiger charge is 2.18. The summed E-state index contributed by atoms with van der Waals surface area (Å²) in [7, 11) is 0. The quantitative estimate of drug-likeness (QED) is 0.934. The van der Waals surface area contributed by atoms with E-state index in [0.717, 1.165) is 28.8 Å². The molecule has 0 saturated carbocycles. The van der Waals surface area contributed by atoms with Crippen molar-refractivity contribution in [2.45, 2.75) is 19.6 Å². The Kier molecular flexibility index (Phi) is 3.05. The first-order valence-corrected chi connectivity index (χ1v) is 6.49. The fourth-order valence-electron chi connectivity index (χ4n) is 2.13. The molecular formula is C12H12BrN3O2. The summed E-state index contributed by atoms with van der Waals surface area (Å²) in [5.74, 6) is 0.958. The van der Waals surface area contributed by atoms with Crippen LogP contribution in [0.1, 0.15) is 16.8 Å². The number of benzene rings is 1. The Bertz CT molecular complexity index is 583. The standard InChI is InChI=1S/C12H12BrN3O2/c13-10-3-8-1-2-18-12(8)9(4-10)5-16-6-11(7-17)14-15-16/h3-4,6,17H,1-2,5,7H2. The van der Waals surface area contributed by atoms with Crippen LogP contribution in [0.3, 0.4) is 0 Å². The van der Waals surface area contributed by atoms with Gasteiger partial charge < -0.3 is 9.84 Å². The third kappa shape index (κ3) is 2.13. The Hall–Kier alpha value is -1.40. The first-order chi connectivity index (χ1) is 8.76. The van der Waals surface area contributed by atoms with Crippen molar-refractivity contribution in [2.24, 2.45) is 0 Å². The molecule has 0 atom stereocenters. The lowest BCUT2D eigenvalue weighted by Crippen LogP contribution is -2.02. The Morgan fingerprint density at radius 2 is 2.33 bits per heavy atom. The lowest BCUT2D eigenvalue weighted by Gasteiger charge is -2.08. The van der Waals surface area contributed by atoms with E-state index in [0.29, 0.717) is 12.2 Å². The van der Waals surface area contributed by atoms with Gasteiger partial charge in [0, 0.05) is 16.5 Å². The van der Waals surface area contributed by atoms with Gasteiger partial charge in [0.05, 0.1) is 26.0 Å². The lowest BCUT2D eigenvalue weighted by molar-refractivity contribution is 0.276. The third-order valence-electron chi connectivity index (χ3n) is 2.91. The van der Waals surface area contributed by atoms with E-state index in [1.165, 1.54) is 5.56 Å². The predicted octanol–water partition coefficient (Wildman–Crippen LogP) is 1.52. The number of halogens is 1. The average molecular weight is 310 g/mol. The van der Waals surface area contributed by atoms with Crippen LogP contribution in [0.25, 0.3) is 0 Å². The summed E-state index contributed by atoms with van der Waals surface area (Å²) in [6.07, 6.45) is 2.68. The largest absolute Gasteiger partial charge is 0.493 e. The zero-order chi connectivity index (χ0) is 12.5. The minimum absolute atomic E-state index is 0.0902. The number of nitrogens with zero attached hydrogens (tertiary/aromatic N) is 3. The van der Waals surface area contributed by atoms with Crippen LogP contribution in [0.4, 0.5) is 0 Å². The summed E-state index contributed by atoms with van der Waals surface area (Å²) in [6, 6.07) is 4.12. The molecule has 94 valence electrons. The van der Waals surface area contributed by atoms with Crippen LogP contribution < -0.4 is 4.74 Å². The van der Waals surface area contributed by atoms with Crippen LogP contribution in [0, 0.1) is 0 Å². The van der Waals surface area contributed by atoms with Crippen molar-refractivity contribution in [3.63, 3.8) is 0 Å². The molecule has 3 rings (SSSR count). The second kappa shape index (κ2) is 4.70.